The second kappa shape index (κ2) is 6.48. The molecule has 0 saturated carbocycles. The van der Waals surface area contributed by atoms with E-state index >= 15 is 0 Å². The Hall–Kier alpha value is -3.15. The van der Waals surface area contributed by atoms with E-state index in [4.69, 9.17) is 0 Å². The van der Waals surface area contributed by atoms with E-state index in [0.717, 1.165) is 37.1 Å². The van der Waals surface area contributed by atoms with Crippen LogP contribution in [0.1, 0.15) is 39.2 Å². The zero-order valence-electron chi connectivity index (χ0n) is 15.8. The summed E-state index contributed by atoms with van der Waals surface area (Å²) in [4.78, 5) is 30.4. The molecule has 142 valence electrons. The molecule has 6 heteroatoms. The minimum Gasteiger partial charge on any atom is -0.347 e. The number of fused-ring (bicyclic) bond motifs is 2. The number of hydrogen-bond acceptors (Lipinski definition) is 3. The van der Waals surface area contributed by atoms with Gasteiger partial charge in [-0.1, -0.05) is 12.1 Å². The summed E-state index contributed by atoms with van der Waals surface area (Å²) in [7, 11) is 0. The fraction of sp³-hybridized carbons (Fsp3) is 0.318. The minimum atomic E-state index is -0.298. The number of nitrogens with one attached hydrogen (secondary N) is 1. The zero-order chi connectivity index (χ0) is 19.3. The first-order valence-corrected chi connectivity index (χ1v) is 9.75. The lowest BCUT2D eigenvalue weighted by atomic mass is 10.1. The molecule has 28 heavy (non-hydrogen) atoms. The van der Waals surface area contributed by atoms with E-state index in [-0.39, 0.29) is 23.1 Å². The summed E-state index contributed by atoms with van der Waals surface area (Å²) in [5, 5.41) is 3.04. The van der Waals surface area contributed by atoms with Crippen LogP contribution in [0.15, 0.2) is 47.8 Å². The highest BCUT2D eigenvalue weighted by Gasteiger charge is 2.26. The Morgan fingerprint density at radius 1 is 1.25 bits per heavy atom. The maximum atomic E-state index is 13.3. The highest BCUT2D eigenvalue weighted by molar-refractivity contribution is 5.95. The number of pyridine rings is 1. The van der Waals surface area contributed by atoms with Gasteiger partial charge in [0.05, 0.1) is 18.1 Å². The van der Waals surface area contributed by atoms with E-state index in [1.54, 1.807) is 17.1 Å². The van der Waals surface area contributed by atoms with Gasteiger partial charge in [-0.15, -0.1) is 0 Å². The summed E-state index contributed by atoms with van der Waals surface area (Å²) in [5.74, 6) is -0.298. The largest absolute Gasteiger partial charge is 0.347 e. The van der Waals surface area contributed by atoms with E-state index in [1.165, 1.54) is 11.1 Å². The molecule has 2 aliphatic rings. The lowest BCUT2D eigenvalue weighted by Crippen LogP contribution is -2.40. The molecule has 1 aliphatic carbocycles. The number of carbonyl (C=O) groups is 1. The molecule has 0 bridgehead atoms. The van der Waals surface area contributed by atoms with Gasteiger partial charge >= 0.3 is 0 Å². The maximum Gasteiger partial charge on any atom is 0.268 e. The summed E-state index contributed by atoms with van der Waals surface area (Å²) < 4.78 is 3.67. The number of rotatable bonds is 3. The second-order valence-corrected chi connectivity index (χ2v) is 7.73. The summed E-state index contributed by atoms with van der Waals surface area (Å²) >= 11 is 0. The van der Waals surface area contributed by atoms with E-state index in [9.17, 15) is 9.59 Å². The van der Waals surface area contributed by atoms with Gasteiger partial charge in [-0.05, 0) is 55.0 Å². The van der Waals surface area contributed by atoms with Crippen molar-refractivity contribution in [2.45, 2.75) is 45.2 Å². The molecule has 0 saturated heterocycles. The molecule has 2 aromatic heterocycles. The number of carbonyl (C=O) groups excluding carboxylic acids is 1. The van der Waals surface area contributed by atoms with Gasteiger partial charge in [0.25, 0.3) is 11.5 Å². The van der Waals surface area contributed by atoms with Crippen LogP contribution in [0.25, 0.3) is 5.69 Å². The second-order valence-electron chi connectivity index (χ2n) is 7.73. The topological polar surface area (TPSA) is 68.9 Å². The molecule has 1 unspecified atom stereocenters. The lowest BCUT2D eigenvalue weighted by molar-refractivity contribution is 0.0934. The van der Waals surface area contributed by atoms with Crippen LogP contribution >= 0.6 is 0 Å². The third-order valence-electron chi connectivity index (χ3n) is 5.91. The molecule has 0 radical (unpaired) electrons. The van der Waals surface area contributed by atoms with Crippen molar-refractivity contribution in [2.24, 2.45) is 0 Å². The van der Waals surface area contributed by atoms with E-state index < -0.39 is 0 Å². The molecule has 5 rings (SSSR count). The SMILES string of the molecule is Cc1ccn(-c2cccc3c2CCC3)c(=O)c1C(=O)NC1Cc2cncn2C1. The van der Waals surface area contributed by atoms with Crippen LogP contribution < -0.4 is 10.9 Å². The average Bonchev–Trinajstić information content (AvgIpc) is 3.37. The van der Waals surface area contributed by atoms with Gasteiger partial charge in [0.2, 0.25) is 0 Å². The van der Waals surface area contributed by atoms with E-state index in [0.29, 0.717) is 12.1 Å². The fourth-order valence-electron chi connectivity index (χ4n) is 4.51. The van der Waals surface area contributed by atoms with Crippen molar-refractivity contribution in [1.82, 2.24) is 19.4 Å². The normalized spacial score (nSPS) is 17.4. The number of benzene rings is 1. The van der Waals surface area contributed by atoms with Crippen LogP contribution in [0, 0.1) is 6.92 Å². The van der Waals surface area contributed by atoms with Crippen molar-refractivity contribution >= 4 is 5.91 Å². The number of hydrogen-bond donors (Lipinski definition) is 1. The Morgan fingerprint density at radius 3 is 3.00 bits per heavy atom. The van der Waals surface area contributed by atoms with Crippen LogP contribution in [-0.2, 0) is 25.8 Å². The standard InChI is InChI=1S/C22H22N4O2/c1-14-8-9-26(19-7-3-5-15-4-2-6-18(15)19)22(28)20(14)21(27)24-16-10-17-11-23-13-25(17)12-16/h3,5,7-9,11,13,16H,2,4,6,10,12H2,1H3,(H,24,27). The monoisotopic (exact) mass is 374 g/mol. The van der Waals surface area contributed by atoms with Gasteiger partial charge < -0.3 is 9.88 Å². The molecule has 0 spiro atoms. The highest BCUT2D eigenvalue weighted by Crippen LogP contribution is 2.27. The Morgan fingerprint density at radius 2 is 2.14 bits per heavy atom. The first kappa shape index (κ1) is 17.0. The van der Waals surface area contributed by atoms with Gasteiger partial charge in [0, 0.05) is 31.1 Å². The lowest BCUT2D eigenvalue weighted by Gasteiger charge is -2.16. The Bertz CT molecular complexity index is 1120. The molecule has 1 amide bonds. The molecule has 3 heterocycles. The van der Waals surface area contributed by atoms with Crippen LogP contribution in [0.5, 0.6) is 0 Å². The smallest absolute Gasteiger partial charge is 0.268 e. The van der Waals surface area contributed by atoms with Crippen molar-refractivity contribution < 1.29 is 4.79 Å². The minimum absolute atomic E-state index is 0.0149. The predicted molar refractivity (Wildman–Crippen MR) is 106 cm³/mol. The van der Waals surface area contributed by atoms with Crippen molar-refractivity contribution in [3.63, 3.8) is 0 Å². The van der Waals surface area contributed by atoms with Crippen LogP contribution in [0.3, 0.4) is 0 Å². The quantitative estimate of drug-likeness (QED) is 0.764. The van der Waals surface area contributed by atoms with Crippen molar-refractivity contribution in [3.8, 4) is 5.69 Å². The Balaban J connectivity index is 1.48. The molecule has 1 atom stereocenters. The predicted octanol–water partition coefficient (Wildman–Crippen LogP) is 2.19. The maximum absolute atomic E-state index is 13.3. The molecule has 6 nitrogen and oxygen atoms in total. The van der Waals surface area contributed by atoms with Gasteiger partial charge in [-0.2, -0.15) is 0 Å². The molecule has 1 aliphatic heterocycles. The number of aryl methyl sites for hydroxylation is 2. The average molecular weight is 374 g/mol. The highest BCUT2D eigenvalue weighted by atomic mass is 16.2. The zero-order valence-corrected chi connectivity index (χ0v) is 15.8. The Labute approximate surface area is 162 Å². The summed E-state index contributed by atoms with van der Waals surface area (Å²) in [6, 6.07) is 7.93. The molecule has 3 aromatic rings. The first-order chi connectivity index (χ1) is 13.6. The number of amides is 1. The molecule has 1 N–H and O–H groups in total. The van der Waals surface area contributed by atoms with Crippen molar-refractivity contribution in [1.29, 1.82) is 0 Å². The summed E-state index contributed by atoms with van der Waals surface area (Å²) in [6.07, 6.45) is 9.25. The fourth-order valence-corrected chi connectivity index (χ4v) is 4.51. The molecule has 1 aromatic carbocycles. The van der Waals surface area contributed by atoms with Crippen LogP contribution in [0.4, 0.5) is 0 Å². The third kappa shape index (κ3) is 2.68. The molecular weight excluding hydrogens is 352 g/mol. The van der Waals surface area contributed by atoms with Crippen molar-refractivity contribution in [3.05, 3.63) is 81.3 Å². The van der Waals surface area contributed by atoms with E-state index in [1.807, 2.05) is 35.9 Å². The summed E-state index contributed by atoms with van der Waals surface area (Å²) in [5.41, 5.74) is 5.21. The molecule has 0 fully saturated rings. The number of imidazole rings is 1. The van der Waals surface area contributed by atoms with Gasteiger partial charge in [-0.25, -0.2) is 4.98 Å². The Kier molecular flexibility index (Phi) is 3.93. The van der Waals surface area contributed by atoms with Gasteiger partial charge in [0.1, 0.15) is 5.56 Å². The number of nitrogens with zero attached hydrogens (tertiary/aromatic N) is 3. The van der Waals surface area contributed by atoms with Crippen molar-refractivity contribution in [2.75, 3.05) is 0 Å². The van der Waals surface area contributed by atoms with Gasteiger partial charge in [0.15, 0.2) is 0 Å². The number of aromatic nitrogens is 3. The van der Waals surface area contributed by atoms with Crippen LogP contribution in [0.2, 0.25) is 0 Å². The summed E-state index contributed by atoms with van der Waals surface area (Å²) in [6.45, 7) is 2.51. The molecular formula is C22H22N4O2. The van der Waals surface area contributed by atoms with E-state index in [2.05, 4.69) is 16.4 Å². The van der Waals surface area contributed by atoms with Gasteiger partial charge in [-0.3, -0.25) is 14.2 Å². The first-order valence-electron chi connectivity index (χ1n) is 9.75. The third-order valence-corrected chi connectivity index (χ3v) is 5.91. The van der Waals surface area contributed by atoms with Crippen LogP contribution in [-0.4, -0.2) is 26.1 Å².